The molecular weight excluding hydrogens is 344 g/mol. The molecule has 3 rings (SSSR count). The smallest absolute Gasteiger partial charge is 0.253 e. The summed E-state index contributed by atoms with van der Waals surface area (Å²) in [6, 6.07) is 7.75. The van der Waals surface area contributed by atoms with E-state index in [4.69, 9.17) is 4.74 Å². The molecule has 1 aromatic rings. The number of hydrogen-bond acceptors (Lipinski definition) is 5. The molecule has 0 unspecified atom stereocenters. The number of piperazine rings is 1. The van der Waals surface area contributed by atoms with E-state index in [1.165, 1.54) is 0 Å². The van der Waals surface area contributed by atoms with E-state index in [0.29, 0.717) is 51.5 Å². The summed E-state index contributed by atoms with van der Waals surface area (Å²) in [6.07, 6.45) is 0. The number of carbonyl (C=O) groups excluding carboxylic acids is 2. The third-order valence-corrected chi connectivity index (χ3v) is 5.41. The van der Waals surface area contributed by atoms with Crippen LogP contribution in [-0.4, -0.2) is 99.1 Å². The molecular formula is C20H30N4O3. The Morgan fingerprint density at radius 2 is 1.56 bits per heavy atom. The summed E-state index contributed by atoms with van der Waals surface area (Å²) in [6.45, 7) is 8.87. The molecule has 0 radical (unpaired) electrons. The first kappa shape index (κ1) is 19.6. The highest BCUT2D eigenvalue weighted by atomic mass is 16.5. The fourth-order valence-corrected chi connectivity index (χ4v) is 3.43. The maximum absolute atomic E-state index is 12.7. The molecule has 0 atom stereocenters. The normalized spacial score (nSPS) is 18.4. The Morgan fingerprint density at radius 3 is 2.15 bits per heavy atom. The molecule has 0 N–H and O–H groups in total. The Hall–Kier alpha value is -2.12. The molecule has 2 heterocycles. The molecule has 7 heteroatoms. The van der Waals surface area contributed by atoms with Gasteiger partial charge in [0.2, 0.25) is 5.91 Å². The summed E-state index contributed by atoms with van der Waals surface area (Å²) in [5.74, 6) is 0.192. The van der Waals surface area contributed by atoms with E-state index >= 15 is 0 Å². The molecule has 0 bridgehead atoms. The predicted molar refractivity (Wildman–Crippen MR) is 105 cm³/mol. The van der Waals surface area contributed by atoms with Crippen molar-refractivity contribution in [3.05, 3.63) is 29.8 Å². The first-order valence-electron chi connectivity index (χ1n) is 9.77. The number of carbonyl (C=O) groups is 2. The van der Waals surface area contributed by atoms with Crippen molar-refractivity contribution in [1.82, 2.24) is 14.7 Å². The average molecular weight is 374 g/mol. The minimum absolute atomic E-state index is 0.0426. The SMILES string of the molecule is CCN(C)c1ccc(C(=O)N2CCN(C(=O)CN3CCOCC3)CC2)cc1. The quantitative estimate of drug-likeness (QED) is 0.762. The van der Waals surface area contributed by atoms with Crippen LogP contribution in [0, 0.1) is 0 Å². The Kier molecular flexibility index (Phi) is 6.68. The first-order valence-corrected chi connectivity index (χ1v) is 9.77. The fourth-order valence-electron chi connectivity index (χ4n) is 3.43. The Bertz CT molecular complexity index is 635. The standard InChI is InChI=1S/C20H30N4O3/c1-3-21(2)18-6-4-17(5-7-18)20(26)24-10-8-23(9-11-24)19(25)16-22-12-14-27-15-13-22/h4-7H,3,8-16H2,1-2H3. The van der Waals surface area contributed by atoms with Crippen molar-refractivity contribution < 1.29 is 14.3 Å². The molecule has 0 aromatic heterocycles. The Balaban J connectivity index is 1.49. The van der Waals surface area contributed by atoms with Crippen molar-refractivity contribution in [3.8, 4) is 0 Å². The first-order chi connectivity index (χ1) is 13.1. The van der Waals surface area contributed by atoms with E-state index in [1.54, 1.807) is 0 Å². The highest BCUT2D eigenvalue weighted by Gasteiger charge is 2.26. The summed E-state index contributed by atoms with van der Waals surface area (Å²) in [5.41, 5.74) is 1.81. The lowest BCUT2D eigenvalue weighted by atomic mass is 10.1. The molecule has 2 fully saturated rings. The van der Waals surface area contributed by atoms with Crippen molar-refractivity contribution >= 4 is 17.5 Å². The maximum atomic E-state index is 12.7. The lowest BCUT2D eigenvalue weighted by Crippen LogP contribution is -2.53. The zero-order chi connectivity index (χ0) is 19.2. The molecule has 0 aliphatic carbocycles. The Labute approximate surface area is 161 Å². The maximum Gasteiger partial charge on any atom is 0.253 e. The van der Waals surface area contributed by atoms with Gasteiger partial charge in [-0.25, -0.2) is 0 Å². The monoisotopic (exact) mass is 374 g/mol. The molecule has 1 aromatic carbocycles. The van der Waals surface area contributed by atoms with Crippen molar-refractivity contribution in [2.75, 3.05) is 77.5 Å². The molecule has 0 saturated carbocycles. The Morgan fingerprint density at radius 1 is 0.963 bits per heavy atom. The summed E-state index contributed by atoms with van der Waals surface area (Å²) in [5, 5.41) is 0. The number of anilines is 1. The zero-order valence-electron chi connectivity index (χ0n) is 16.4. The van der Waals surface area contributed by atoms with Gasteiger partial charge in [0.25, 0.3) is 5.91 Å². The molecule has 2 saturated heterocycles. The van der Waals surface area contributed by atoms with Crippen LogP contribution in [0.3, 0.4) is 0 Å². The average Bonchev–Trinajstić information content (AvgIpc) is 2.73. The topological polar surface area (TPSA) is 56.3 Å². The molecule has 0 spiro atoms. The minimum Gasteiger partial charge on any atom is -0.379 e. The van der Waals surface area contributed by atoms with Crippen LogP contribution in [0.15, 0.2) is 24.3 Å². The van der Waals surface area contributed by atoms with Gasteiger partial charge in [-0.15, -0.1) is 0 Å². The van der Waals surface area contributed by atoms with Crippen LogP contribution in [0.25, 0.3) is 0 Å². The van der Waals surface area contributed by atoms with Crippen molar-refractivity contribution in [2.24, 2.45) is 0 Å². The van der Waals surface area contributed by atoms with E-state index in [1.807, 2.05) is 41.1 Å². The van der Waals surface area contributed by atoms with Gasteiger partial charge < -0.3 is 19.4 Å². The number of morpholine rings is 1. The number of amides is 2. The number of hydrogen-bond donors (Lipinski definition) is 0. The van der Waals surface area contributed by atoms with Crippen molar-refractivity contribution in [2.45, 2.75) is 6.92 Å². The van der Waals surface area contributed by atoms with Crippen LogP contribution in [0.5, 0.6) is 0 Å². The largest absolute Gasteiger partial charge is 0.379 e. The summed E-state index contributed by atoms with van der Waals surface area (Å²) in [7, 11) is 2.03. The van der Waals surface area contributed by atoms with E-state index in [0.717, 1.165) is 25.3 Å². The lowest BCUT2D eigenvalue weighted by Gasteiger charge is -2.36. The van der Waals surface area contributed by atoms with Gasteiger partial charge in [0.1, 0.15) is 0 Å². The third kappa shape index (κ3) is 4.99. The molecule has 2 amide bonds. The number of rotatable bonds is 5. The van der Waals surface area contributed by atoms with Crippen LogP contribution < -0.4 is 4.90 Å². The van der Waals surface area contributed by atoms with Gasteiger partial charge in [0, 0.05) is 64.1 Å². The lowest BCUT2D eigenvalue weighted by molar-refractivity contribution is -0.134. The fraction of sp³-hybridized carbons (Fsp3) is 0.600. The third-order valence-electron chi connectivity index (χ3n) is 5.41. The number of ether oxygens (including phenoxy) is 1. The molecule has 2 aliphatic heterocycles. The van der Waals surface area contributed by atoms with Gasteiger partial charge >= 0.3 is 0 Å². The van der Waals surface area contributed by atoms with Gasteiger partial charge in [-0.1, -0.05) is 0 Å². The molecule has 2 aliphatic rings. The second kappa shape index (κ2) is 9.19. The van der Waals surface area contributed by atoms with Crippen LogP contribution in [0.4, 0.5) is 5.69 Å². The number of benzene rings is 1. The molecule has 148 valence electrons. The van der Waals surface area contributed by atoms with E-state index in [9.17, 15) is 9.59 Å². The second-order valence-corrected chi connectivity index (χ2v) is 7.12. The van der Waals surface area contributed by atoms with E-state index in [-0.39, 0.29) is 11.8 Å². The molecule has 7 nitrogen and oxygen atoms in total. The summed E-state index contributed by atoms with van der Waals surface area (Å²) >= 11 is 0. The van der Waals surface area contributed by atoms with Crippen LogP contribution in [0.1, 0.15) is 17.3 Å². The van der Waals surface area contributed by atoms with Gasteiger partial charge in [-0.2, -0.15) is 0 Å². The number of nitrogens with zero attached hydrogens (tertiary/aromatic N) is 4. The van der Waals surface area contributed by atoms with Crippen LogP contribution in [-0.2, 0) is 9.53 Å². The zero-order valence-corrected chi connectivity index (χ0v) is 16.4. The van der Waals surface area contributed by atoms with Crippen molar-refractivity contribution in [3.63, 3.8) is 0 Å². The van der Waals surface area contributed by atoms with Gasteiger partial charge in [0.05, 0.1) is 19.8 Å². The van der Waals surface area contributed by atoms with Gasteiger partial charge in [-0.3, -0.25) is 14.5 Å². The second-order valence-electron chi connectivity index (χ2n) is 7.12. The highest BCUT2D eigenvalue weighted by molar-refractivity contribution is 5.94. The van der Waals surface area contributed by atoms with Crippen LogP contribution in [0.2, 0.25) is 0 Å². The van der Waals surface area contributed by atoms with Crippen molar-refractivity contribution in [1.29, 1.82) is 0 Å². The van der Waals surface area contributed by atoms with Gasteiger partial charge in [-0.05, 0) is 31.2 Å². The summed E-state index contributed by atoms with van der Waals surface area (Å²) in [4.78, 5) is 33.2. The summed E-state index contributed by atoms with van der Waals surface area (Å²) < 4.78 is 5.32. The van der Waals surface area contributed by atoms with Crippen LogP contribution >= 0.6 is 0 Å². The van der Waals surface area contributed by atoms with E-state index in [2.05, 4.69) is 16.7 Å². The van der Waals surface area contributed by atoms with E-state index < -0.39 is 0 Å². The minimum atomic E-state index is 0.0426. The predicted octanol–water partition coefficient (Wildman–Crippen LogP) is 0.759. The van der Waals surface area contributed by atoms with Gasteiger partial charge in [0.15, 0.2) is 0 Å². The molecule has 27 heavy (non-hydrogen) atoms. The highest BCUT2D eigenvalue weighted by Crippen LogP contribution is 2.16.